The highest BCUT2D eigenvalue weighted by atomic mass is 31.2. The van der Waals surface area contributed by atoms with Gasteiger partial charge in [0.2, 0.25) is 0 Å². The summed E-state index contributed by atoms with van der Waals surface area (Å²) in [4.78, 5) is 0. The maximum absolute atomic E-state index is 5.75. The molecule has 29 heavy (non-hydrogen) atoms. The van der Waals surface area contributed by atoms with Gasteiger partial charge in [-0.1, -0.05) is 60.7 Å². The fraction of sp³-hybridized carbons (Fsp3) is 0.111. The third-order valence-corrected chi connectivity index (χ3v) is 10.1. The summed E-state index contributed by atoms with van der Waals surface area (Å²) in [5, 5.41) is 4.28. The first-order valence-electron chi connectivity index (χ1n) is 10.2. The molecule has 0 spiro atoms. The molecule has 4 aromatic carbocycles. The van der Waals surface area contributed by atoms with Crippen LogP contribution in [0, 0.1) is 0 Å². The molecular weight excluding hydrogens is 371 g/mol. The fourth-order valence-corrected chi connectivity index (χ4v) is 8.61. The average molecular weight is 395 g/mol. The van der Waals surface area contributed by atoms with Gasteiger partial charge in [-0.15, -0.1) is 0 Å². The largest absolute Gasteiger partial charge is 0.493 e. The molecule has 142 valence electrons. The number of hydrogen-bond acceptors (Lipinski definition) is 1. The van der Waals surface area contributed by atoms with E-state index >= 15 is 0 Å². The number of fused-ring (bicyclic) bond motifs is 1. The van der Waals surface area contributed by atoms with Crippen LogP contribution in [0.5, 0.6) is 5.75 Å². The summed E-state index contributed by atoms with van der Waals surface area (Å²) in [5.41, 5.74) is 2.73. The van der Waals surface area contributed by atoms with Crippen LogP contribution in [0.1, 0.15) is 11.1 Å². The molecule has 0 unspecified atom stereocenters. The van der Waals surface area contributed by atoms with Crippen molar-refractivity contribution in [3.8, 4) is 5.75 Å². The first kappa shape index (κ1) is 18.2. The topological polar surface area (TPSA) is 9.23 Å². The predicted molar refractivity (Wildman–Crippen MR) is 124 cm³/mol. The Labute approximate surface area is 173 Å². The lowest BCUT2D eigenvalue weighted by Gasteiger charge is -2.28. The van der Waals surface area contributed by atoms with Crippen molar-refractivity contribution in [3.63, 3.8) is 0 Å². The molecule has 0 radical (unpaired) electrons. The maximum atomic E-state index is 5.75. The highest BCUT2D eigenvalue weighted by molar-refractivity contribution is 7.95. The molecule has 0 saturated heterocycles. The normalized spacial score (nSPS) is 13.0. The van der Waals surface area contributed by atoms with E-state index in [-0.39, 0.29) is 0 Å². The van der Waals surface area contributed by atoms with E-state index < -0.39 is 7.26 Å². The first-order chi connectivity index (χ1) is 14.4. The smallest absolute Gasteiger partial charge is 0.122 e. The highest BCUT2D eigenvalue weighted by Crippen LogP contribution is 2.58. The zero-order chi connectivity index (χ0) is 19.5. The molecule has 1 aliphatic heterocycles. The molecule has 0 aromatic heterocycles. The van der Waals surface area contributed by atoms with Gasteiger partial charge >= 0.3 is 0 Å². The van der Waals surface area contributed by atoms with Crippen molar-refractivity contribution in [1.29, 1.82) is 0 Å². The minimum Gasteiger partial charge on any atom is -0.493 e. The van der Waals surface area contributed by atoms with Crippen LogP contribution in [0.15, 0.2) is 109 Å². The Hall–Kier alpha value is -2.89. The standard InChI is InChI=1S/C27H24OP/c1-4-10-24(11-5-1)29(25-12-6-2-7-13-25,26-14-8-3-9-15-26)21-22-16-17-27-23(20-22)18-19-28-27/h1-17,20H,18-19,21H2/q+1. The summed E-state index contributed by atoms with van der Waals surface area (Å²) in [5.74, 6) is 1.05. The lowest BCUT2D eigenvalue weighted by molar-refractivity contribution is 0.357. The summed E-state index contributed by atoms with van der Waals surface area (Å²) in [7, 11) is -1.84. The molecule has 4 aromatic rings. The van der Waals surface area contributed by atoms with Gasteiger partial charge < -0.3 is 4.74 Å². The maximum Gasteiger partial charge on any atom is 0.122 e. The number of ether oxygens (including phenoxy) is 1. The molecule has 0 atom stereocenters. The summed E-state index contributed by atoms with van der Waals surface area (Å²) in [6, 6.07) is 40.0. The van der Waals surface area contributed by atoms with Gasteiger partial charge in [0.05, 0.1) is 12.8 Å². The first-order valence-corrected chi connectivity index (χ1v) is 12.1. The van der Waals surface area contributed by atoms with Crippen LogP contribution >= 0.6 is 7.26 Å². The molecule has 1 nitrogen and oxygen atoms in total. The van der Waals surface area contributed by atoms with Gasteiger partial charge in [-0.05, 0) is 59.7 Å². The van der Waals surface area contributed by atoms with Crippen LogP contribution < -0.4 is 20.7 Å². The van der Waals surface area contributed by atoms with E-state index in [9.17, 15) is 0 Å². The van der Waals surface area contributed by atoms with Gasteiger partial charge in [0, 0.05) is 6.42 Å². The number of hydrogen-bond donors (Lipinski definition) is 0. The predicted octanol–water partition coefficient (Wildman–Crippen LogP) is 5.12. The Morgan fingerprint density at radius 3 is 1.66 bits per heavy atom. The Morgan fingerprint density at radius 2 is 1.14 bits per heavy atom. The molecule has 0 aliphatic carbocycles. The van der Waals surface area contributed by atoms with Gasteiger partial charge in [0.15, 0.2) is 0 Å². The minimum atomic E-state index is -1.84. The zero-order valence-electron chi connectivity index (χ0n) is 16.4. The minimum absolute atomic E-state index is 0.801. The van der Waals surface area contributed by atoms with Crippen molar-refractivity contribution in [2.45, 2.75) is 12.6 Å². The molecule has 0 saturated carbocycles. The van der Waals surface area contributed by atoms with Gasteiger partial charge in [-0.2, -0.15) is 0 Å². The van der Waals surface area contributed by atoms with Crippen molar-refractivity contribution in [1.82, 2.24) is 0 Å². The quantitative estimate of drug-likeness (QED) is 0.427. The van der Waals surface area contributed by atoms with Crippen LogP contribution in [-0.4, -0.2) is 6.61 Å². The molecule has 0 bridgehead atoms. The Morgan fingerprint density at radius 1 is 0.621 bits per heavy atom. The van der Waals surface area contributed by atoms with Crippen molar-refractivity contribution in [3.05, 3.63) is 120 Å². The second kappa shape index (κ2) is 7.85. The van der Waals surface area contributed by atoms with E-state index in [0.717, 1.165) is 24.9 Å². The second-order valence-corrected chi connectivity index (χ2v) is 11.0. The van der Waals surface area contributed by atoms with Crippen LogP contribution in [0.3, 0.4) is 0 Å². The average Bonchev–Trinajstić information content (AvgIpc) is 3.27. The van der Waals surface area contributed by atoms with Crippen LogP contribution in [-0.2, 0) is 12.6 Å². The fourth-order valence-electron chi connectivity index (χ4n) is 4.38. The van der Waals surface area contributed by atoms with Crippen LogP contribution in [0.4, 0.5) is 0 Å². The molecule has 0 N–H and O–H groups in total. The molecule has 1 heterocycles. The van der Waals surface area contributed by atoms with E-state index in [1.165, 1.54) is 27.0 Å². The Balaban J connectivity index is 1.74. The van der Waals surface area contributed by atoms with Crippen molar-refractivity contribution >= 4 is 23.2 Å². The van der Waals surface area contributed by atoms with Gasteiger partial charge in [0.25, 0.3) is 0 Å². The summed E-state index contributed by atoms with van der Waals surface area (Å²) >= 11 is 0. The molecule has 0 amide bonds. The zero-order valence-corrected chi connectivity index (χ0v) is 17.3. The van der Waals surface area contributed by atoms with Gasteiger partial charge in [-0.25, -0.2) is 0 Å². The van der Waals surface area contributed by atoms with Crippen molar-refractivity contribution < 1.29 is 4.74 Å². The lowest BCUT2D eigenvalue weighted by Crippen LogP contribution is -2.32. The lowest BCUT2D eigenvalue weighted by atomic mass is 10.1. The molecule has 0 fully saturated rings. The van der Waals surface area contributed by atoms with Gasteiger partial charge in [0.1, 0.15) is 28.9 Å². The second-order valence-electron chi connectivity index (χ2n) is 7.52. The van der Waals surface area contributed by atoms with E-state index in [4.69, 9.17) is 4.74 Å². The summed E-state index contributed by atoms with van der Waals surface area (Å²) in [6.45, 7) is 0.801. The molecule has 5 rings (SSSR count). The van der Waals surface area contributed by atoms with Crippen LogP contribution in [0.25, 0.3) is 0 Å². The molecule has 2 heteroatoms. The van der Waals surface area contributed by atoms with Crippen LogP contribution in [0.2, 0.25) is 0 Å². The van der Waals surface area contributed by atoms with Gasteiger partial charge in [-0.3, -0.25) is 0 Å². The Kier molecular flexibility index (Phi) is 4.92. The number of benzene rings is 4. The molecule has 1 aliphatic rings. The van der Waals surface area contributed by atoms with Crippen molar-refractivity contribution in [2.24, 2.45) is 0 Å². The Bertz CT molecular complexity index is 995. The van der Waals surface area contributed by atoms with E-state index in [0.29, 0.717) is 0 Å². The molecular formula is C27H24OP+. The van der Waals surface area contributed by atoms with E-state index in [1.807, 2.05) is 0 Å². The van der Waals surface area contributed by atoms with Crippen molar-refractivity contribution in [2.75, 3.05) is 6.61 Å². The van der Waals surface area contributed by atoms with E-state index in [2.05, 4.69) is 109 Å². The third-order valence-electron chi connectivity index (χ3n) is 5.76. The monoisotopic (exact) mass is 395 g/mol. The number of rotatable bonds is 5. The highest BCUT2D eigenvalue weighted by Gasteiger charge is 2.45. The summed E-state index contributed by atoms with van der Waals surface area (Å²) in [6.07, 6.45) is 2.02. The van der Waals surface area contributed by atoms with E-state index in [1.54, 1.807) is 0 Å². The third kappa shape index (κ3) is 3.37. The SMILES string of the molecule is c1ccc([P+](Cc2ccc3c(c2)CCO3)(c2ccccc2)c2ccccc2)cc1. The summed E-state index contributed by atoms with van der Waals surface area (Å²) < 4.78 is 5.75.